The highest BCUT2D eigenvalue weighted by molar-refractivity contribution is 4.90. The summed E-state index contributed by atoms with van der Waals surface area (Å²) in [5, 5.41) is 9.56. The Kier molecular flexibility index (Phi) is 2.76. The lowest BCUT2D eigenvalue weighted by molar-refractivity contribution is 0.0212. The van der Waals surface area contributed by atoms with Crippen molar-refractivity contribution in [2.75, 3.05) is 20.2 Å². The van der Waals surface area contributed by atoms with Gasteiger partial charge >= 0.3 is 0 Å². The smallest absolute Gasteiger partial charge is 0.0969 e. The predicted molar refractivity (Wildman–Crippen MR) is 48.1 cm³/mol. The lowest BCUT2D eigenvalue weighted by atomic mass is 10.1. The zero-order valence-electron chi connectivity index (χ0n) is 8.37. The average Bonchev–Trinajstić information content (AvgIpc) is 2.29. The maximum absolute atomic E-state index is 9.56. The van der Waals surface area contributed by atoms with Crippen LogP contribution in [-0.4, -0.2) is 48.0 Å². The van der Waals surface area contributed by atoms with Crippen molar-refractivity contribution in [2.24, 2.45) is 0 Å². The van der Waals surface area contributed by atoms with Crippen molar-refractivity contribution in [3.8, 4) is 0 Å². The fraction of sp³-hybridized carbons (Fsp3) is 1.00. The number of hydrogen-bond acceptors (Lipinski definition) is 3. The van der Waals surface area contributed by atoms with Gasteiger partial charge in [0, 0.05) is 25.7 Å². The van der Waals surface area contributed by atoms with E-state index in [2.05, 4.69) is 25.7 Å². The topological polar surface area (TPSA) is 32.7 Å². The highest BCUT2D eigenvalue weighted by Gasteiger charge is 2.36. The van der Waals surface area contributed by atoms with Crippen molar-refractivity contribution in [3.63, 3.8) is 0 Å². The minimum Gasteiger partial charge on any atom is -0.389 e. The molecule has 0 aromatic heterocycles. The Bertz CT molecular complexity index is 153. The minimum atomic E-state index is -0.325. The van der Waals surface area contributed by atoms with Gasteiger partial charge in [0.2, 0.25) is 0 Å². The third-order valence-corrected chi connectivity index (χ3v) is 2.49. The summed E-state index contributed by atoms with van der Waals surface area (Å²) in [4.78, 5) is 2.24. The molecule has 0 spiro atoms. The monoisotopic (exact) mass is 173 g/mol. The van der Waals surface area contributed by atoms with Gasteiger partial charge in [0.15, 0.2) is 0 Å². The van der Waals surface area contributed by atoms with Gasteiger partial charge in [-0.05, 0) is 20.8 Å². The van der Waals surface area contributed by atoms with Crippen molar-refractivity contribution in [2.45, 2.75) is 38.5 Å². The van der Waals surface area contributed by atoms with Crippen LogP contribution in [0.4, 0.5) is 0 Å². The van der Waals surface area contributed by atoms with E-state index in [-0.39, 0.29) is 17.7 Å². The molecule has 0 amide bonds. The van der Waals surface area contributed by atoms with Crippen LogP contribution in [0.25, 0.3) is 0 Å². The first-order valence-corrected chi connectivity index (χ1v) is 4.41. The van der Waals surface area contributed by atoms with E-state index < -0.39 is 0 Å². The SMILES string of the molecule is CO[C@@H]1CN(C(C)(C)C)C[C@H]1O. The molecule has 1 aliphatic heterocycles. The molecule has 1 fully saturated rings. The van der Waals surface area contributed by atoms with Gasteiger partial charge in [-0.1, -0.05) is 0 Å². The molecule has 72 valence electrons. The largest absolute Gasteiger partial charge is 0.389 e. The number of aliphatic hydroxyl groups is 1. The average molecular weight is 173 g/mol. The maximum atomic E-state index is 9.56. The Balaban J connectivity index is 2.54. The van der Waals surface area contributed by atoms with Crippen LogP contribution in [0.3, 0.4) is 0 Å². The number of likely N-dealkylation sites (tertiary alicyclic amines) is 1. The van der Waals surface area contributed by atoms with Crippen LogP contribution in [0.15, 0.2) is 0 Å². The quantitative estimate of drug-likeness (QED) is 0.626. The molecule has 2 atom stereocenters. The molecule has 1 heterocycles. The van der Waals surface area contributed by atoms with Crippen molar-refractivity contribution in [3.05, 3.63) is 0 Å². The number of aliphatic hydroxyl groups excluding tert-OH is 1. The van der Waals surface area contributed by atoms with Gasteiger partial charge in [-0.15, -0.1) is 0 Å². The van der Waals surface area contributed by atoms with Crippen LogP contribution in [0.1, 0.15) is 20.8 Å². The van der Waals surface area contributed by atoms with E-state index in [1.807, 2.05) is 0 Å². The number of rotatable bonds is 1. The summed E-state index contributed by atoms with van der Waals surface area (Å²) in [7, 11) is 1.65. The van der Waals surface area contributed by atoms with E-state index in [9.17, 15) is 5.11 Å². The molecular weight excluding hydrogens is 154 g/mol. The molecule has 1 saturated heterocycles. The Morgan fingerprint density at radius 2 is 1.92 bits per heavy atom. The van der Waals surface area contributed by atoms with Crippen LogP contribution in [0.5, 0.6) is 0 Å². The second-order valence-corrected chi connectivity index (χ2v) is 4.42. The Morgan fingerprint density at radius 1 is 1.33 bits per heavy atom. The number of nitrogens with zero attached hydrogens (tertiary/aromatic N) is 1. The number of methoxy groups -OCH3 is 1. The van der Waals surface area contributed by atoms with Gasteiger partial charge in [0.1, 0.15) is 0 Å². The molecule has 3 nitrogen and oxygen atoms in total. The Labute approximate surface area is 74.3 Å². The third-order valence-electron chi connectivity index (χ3n) is 2.49. The van der Waals surface area contributed by atoms with Crippen LogP contribution in [0.2, 0.25) is 0 Å². The molecule has 0 unspecified atom stereocenters. The lowest BCUT2D eigenvalue weighted by Gasteiger charge is -2.31. The molecule has 0 aromatic rings. The molecule has 1 aliphatic rings. The highest BCUT2D eigenvalue weighted by Crippen LogP contribution is 2.21. The van der Waals surface area contributed by atoms with E-state index in [1.54, 1.807) is 7.11 Å². The standard InChI is InChI=1S/C9H19NO2/c1-9(2,3)10-5-7(11)8(6-10)12-4/h7-8,11H,5-6H2,1-4H3/t7-,8-/m1/s1. The molecule has 12 heavy (non-hydrogen) atoms. The molecule has 0 bridgehead atoms. The second kappa shape index (κ2) is 3.32. The Hall–Kier alpha value is -0.120. The summed E-state index contributed by atoms with van der Waals surface area (Å²) in [6.07, 6.45) is -0.335. The zero-order chi connectivity index (χ0) is 9.35. The van der Waals surface area contributed by atoms with Crippen LogP contribution in [-0.2, 0) is 4.74 Å². The van der Waals surface area contributed by atoms with Crippen LogP contribution in [0, 0.1) is 0 Å². The predicted octanol–water partition coefficient (Wildman–Crippen LogP) is 0.476. The van der Waals surface area contributed by atoms with E-state index in [4.69, 9.17) is 4.74 Å². The lowest BCUT2D eigenvalue weighted by Crippen LogP contribution is -2.40. The summed E-state index contributed by atoms with van der Waals surface area (Å²) < 4.78 is 5.16. The number of hydrogen-bond donors (Lipinski definition) is 1. The van der Waals surface area contributed by atoms with Crippen molar-refractivity contribution >= 4 is 0 Å². The molecular formula is C9H19NO2. The fourth-order valence-corrected chi connectivity index (χ4v) is 1.54. The summed E-state index contributed by atoms with van der Waals surface area (Å²) in [6, 6.07) is 0. The van der Waals surface area contributed by atoms with E-state index in [0.717, 1.165) is 13.1 Å². The summed E-state index contributed by atoms with van der Waals surface area (Å²) in [5.74, 6) is 0. The highest BCUT2D eigenvalue weighted by atomic mass is 16.5. The van der Waals surface area contributed by atoms with Crippen LogP contribution < -0.4 is 0 Å². The first-order chi connectivity index (χ1) is 5.45. The molecule has 1 rings (SSSR count). The third kappa shape index (κ3) is 1.97. The summed E-state index contributed by atoms with van der Waals surface area (Å²) in [5.41, 5.74) is 0.133. The molecule has 3 heteroatoms. The normalized spacial score (nSPS) is 32.8. The van der Waals surface area contributed by atoms with E-state index in [0.29, 0.717) is 0 Å². The fourth-order valence-electron chi connectivity index (χ4n) is 1.54. The van der Waals surface area contributed by atoms with Gasteiger partial charge < -0.3 is 9.84 Å². The van der Waals surface area contributed by atoms with Gasteiger partial charge in [-0.2, -0.15) is 0 Å². The number of β-amino-alcohol motifs (C(OH)–C–C–N with tert-alkyl or cyclic N) is 1. The molecule has 0 aliphatic carbocycles. The van der Waals surface area contributed by atoms with Crippen molar-refractivity contribution in [1.29, 1.82) is 0 Å². The van der Waals surface area contributed by atoms with Crippen molar-refractivity contribution < 1.29 is 9.84 Å². The van der Waals surface area contributed by atoms with Gasteiger partial charge in [0.25, 0.3) is 0 Å². The first-order valence-electron chi connectivity index (χ1n) is 4.41. The summed E-state index contributed by atoms with van der Waals surface area (Å²) in [6.45, 7) is 8.01. The van der Waals surface area contributed by atoms with Crippen molar-refractivity contribution in [1.82, 2.24) is 4.90 Å². The molecule has 0 aromatic carbocycles. The van der Waals surface area contributed by atoms with E-state index >= 15 is 0 Å². The van der Waals surface area contributed by atoms with Gasteiger partial charge in [-0.3, -0.25) is 4.90 Å². The van der Waals surface area contributed by atoms with E-state index in [1.165, 1.54) is 0 Å². The van der Waals surface area contributed by atoms with Gasteiger partial charge in [0.05, 0.1) is 12.2 Å². The second-order valence-electron chi connectivity index (χ2n) is 4.42. The molecule has 0 saturated carbocycles. The molecule has 1 N–H and O–H groups in total. The zero-order valence-corrected chi connectivity index (χ0v) is 8.37. The molecule has 0 radical (unpaired) electrons. The Morgan fingerprint density at radius 3 is 2.17 bits per heavy atom. The maximum Gasteiger partial charge on any atom is 0.0969 e. The van der Waals surface area contributed by atoms with Crippen LogP contribution >= 0.6 is 0 Å². The summed E-state index contributed by atoms with van der Waals surface area (Å²) >= 11 is 0. The van der Waals surface area contributed by atoms with Gasteiger partial charge in [-0.25, -0.2) is 0 Å². The first kappa shape index (κ1) is 9.96. The number of ether oxygens (including phenoxy) is 1. The minimum absolute atomic E-state index is 0.00998.